The molecule has 0 aromatic heterocycles. The molecule has 1 aliphatic rings. The first-order valence-electron chi connectivity index (χ1n) is 12.2. The molecule has 1 atom stereocenters. The molecule has 0 bridgehead atoms. The van der Waals surface area contributed by atoms with Crippen molar-refractivity contribution in [2.75, 3.05) is 17.1 Å². The van der Waals surface area contributed by atoms with Crippen molar-refractivity contribution in [2.45, 2.75) is 64.1 Å². The van der Waals surface area contributed by atoms with Crippen molar-refractivity contribution in [2.24, 2.45) is 0 Å². The molecular formula is C26H33Cl2N3O4S. The van der Waals surface area contributed by atoms with Crippen molar-refractivity contribution in [3.63, 3.8) is 0 Å². The lowest BCUT2D eigenvalue weighted by molar-refractivity contribution is -0.140. The van der Waals surface area contributed by atoms with E-state index in [4.69, 9.17) is 23.2 Å². The van der Waals surface area contributed by atoms with Gasteiger partial charge in [0.15, 0.2) is 0 Å². The summed E-state index contributed by atoms with van der Waals surface area (Å²) in [5, 5.41) is 3.78. The number of carbonyl (C=O) groups is 2. The minimum atomic E-state index is -3.85. The van der Waals surface area contributed by atoms with E-state index in [0.29, 0.717) is 17.0 Å². The number of halogens is 2. The Labute approximate surface area is 223 Å². The minimum Gasteiger partial charge on any atom is -0.352 e. The zero-order valence-electron chi connectivity index (χ0n) is 20.6. The molecule has 3 rings (SSSR count). The molecule has 7 nitrogen and oxygen atoms in total. The Hall–Kier alpha value is -2.29. The molecule has 0 saturated heterocycles. The highest BCUT2D eigenvalue weighted by molar-refractivity contribution is 7.92. The Morgan fingerprint density at radius 1 is 1.00 bits per heavy atom. The smallest absolute Gasteiger partial charge is 0.244 e. The molecule has 1 unspecified atom stereocenters. The number of nitrogens with zero attached hydrogens (tertiary/aromatic N) is 2. The highest BCUT2D eigenvalue weighted by Gasteiger charge is 2.33. The van der Waals surface area contributed by atoms with E-state index in [-0.39, 0.29) is 29.2 Å². The number of rotatable bonds is 10. The van der Waals surface area contributed by atoms with Gasteiger partial charge in [-0.2, -0.15) is 0 Å². The average molecular weight is 555 g/mol. The van der Waals surface area contributed by atoms with Crippen LogP contribution in [-0.4, -0.2) is 50.0 Å². The van der Waals surface area contributed by atoms with Crippen LogP contribution in [0.25, 0.3) is 0 Å². The van der Waals surface area contributed by atoms with Crippen LogP contribution in [0.1, 0.15) is 51.0 Å². The lowest BCUT2D eigenvalue weighted by Crippen LogP contribution is -2.54. The van der Waals surface area contributed by atoms with Gasteiger partial charge in [0.1, 0.15) is 12.6 Å². The molecule has 1 saturated carbocycles. The van der Waals surface area contributed by atoms with Crippen molar-refractivity contribution < 1.29 is 18.0 Å². The first-order valence-corrected chi connectivity index (χ1v) is 14.8. The van der Waals surface area contributed by atoms with Gasteiger partial charge in [0.2, 0.25) is 21.8 Å². The first-order chi connectivity index (χ1) is 17.1. The predicted molar refractivity (Wildman–Crippen MR) is 145 cm³/mol. The number of para-hydroxylation sites is 1. The largest absolute Gasteiger partial charge is 0.352 e. The van der Waals surface area contributed by atoms with Crippen LogP contribution in [0.3, 0.4) is 0 Å². The van der Waals surface area contributed by atoms with Crippen molar-refractivity contribution in [3.05, 3.63) is 64.1 Å². The summed E-state index contributed by atoms with van der Waals surface area (Å²) in [5.41, 5.74) is 0.868. The van der Waals surface area contributed by atoms with E-state index in [9.17, 15) is 18.0 Å². The second-order valence-electron chi connectivity index (χ2n) is 9.10. The minimum absolute atomic E-state index is 0.0647. The van der Waals surface area contributed by atoms with Crippen LogP contribution in [0.5, 0.6) is 0 Å². The molecule has 196 valence electrons. The second kappa shape index (κ2) is 12.8. The van der Waals surface area contributed by atoms with Gasteiger partial charge in [0.25, 0.3) is 0 Å². The van der Waals surface area contributed by atoms with E-state index >= 15 is 0 Å². The molecule has 36 heavy (non-hydrogen) atoms. The second-order valence-corrected chi connectivity index (χ2v) is 11.8. The van der Waals surface area contributed by atoms with Crippen LogP contribution in [0.15, 0.2) is 48.5 Å². The van der Waals surface area contributed by atoms with Crippen molar-refractivity contribution in [3.8, 4) is 0 Å². The summed E-state index contributed by atoms with van der Waals surface area (Å²) < 4.78 is 26.3. The molecule has 1 aliphatic carbocycles. The van der Waals surface area contributed by atoms with Crippen LogP contribution in [0.4, 0.5) is 5.69 Å². The van der Waals surface area contributed by atoms with Crippen LogP contribution in [0, 0.1) is 0 Å². The molecule has 10 heteroatoms. The molecule has 2 amide bonds. The molecule has 1 N–H and O–H groups in total. The highest BCUT2D eigenvalue weighted by Crippen LogP contribution is 2.28. The molecule has 0 spiro atoms. The summed E-state index contributed by atoms with van der Waals surface area (Å²) >= 11 is 12.7. The Balaban J connectivity index is 1.93. The third-order valence-corrected chi connectivity index (χ3v) is 8.25. The molecule has 0 heterocycles. The highest BCUT2D eigenvalue weighted by atomic mass is 35.5. The molecule has 2 aromatic rings. The fourth-order valence-electron chi connectivity index (χ4n) is 4.52. The Kier molecular flexibility index (Phi) is 10.0. The quantitative estimate of drug-likeness (QED) is 0.447. The van der Waals surface area contributed by atoms with E-state index < -0.39 is 28.5 Å². The van der Waals surface area contributed by atoms with Crippen LogP contribution >= 0.6 is 23.2 Å². The van der Waals surface area contributed by atoms with Gasteiger partial charge in [-0.25, -0.2) is 8.42 Å². The summed E-state index contributed by atoms with van der Waals surface area (Å²) in [6, 6.07) is 12.8. The van der Waals surface area contributed by atoms with Crippen LogP contribution < -0.4 is 9.62 Å². The number of hydrogen-bond donors (Lipinski definition) is 1. The summed E-state index contributed by atoms with van der Waals surface area (Å²) in [5.74, 6) is -0.764. The van der Waals surface area contributed by atoms with Gasteiger partial charge < -0.3 is 10.2 Å². The zero-order chi connectivity index (χ0) is 26.3. The van der Waals surface area contributed by atoms with Gasteiger partial charge >= 0.3 is 0 Å². The fraction of sp³-hybridized carbons (Fsp3) is 0.462. The van der Waals surface area contributed by atoms with Gasteiger partial charge in [-0.15, -0.1) is 0 Å². The number of nitrogens with one attached hydrogen (secondary N) is 1. The maximum atomic E-state index is 13.8. The third kappa shape index (κ3) is 7.37. The summed E-state index contributed by atoms with van der Waals surface area (Å²) in [6.07, 6.45) is 6.49. The number of sulfonamides is 1. The SMILES string of the molecule is CCC(C(=O)NC1CCCCC1)N(Cc1ccccc1Cl)C(=O)CN(c1ccccc1Cl)S(C)(=O)=O. The van der Waals surface area contributed by atoms with Crippen LogP contribution in [-0.2, 0) is 26.2 Å². The summed E-state index contributed by atoms with van der Waals surface area (Å²) in [7, 11) is -3.85. The maximum Gasteiger partial charge on any atom is 0.244 e. The number of anilines is 1. The predicted octanol–water partition coefficient (Wildman–Crippen LogP) is 5.02. The van der Waals surface area contributed by atoms with Gasteiger partial charge in [-0.05, 0) is 43.0 Å². The first kappa shape index (κ1) is 28.3. The molecule has 2 aromatic carbocycles. The van der Waals surface area contributed by atoms with Crippen molar-refractivity contribution in [1.82, 2.24) is 10.2 Å². The topological polar surface area (TPSA) is 86.8 Å². The van der Waals surface area contributed by atoms with Crippen molar-refractivity contribution in [1.29, 1.82) is 0 Å². The number of benzene rings is 2. The normalized spacial score (nSPS) is 15.2. The summed E-state index contributed by atoms with van der Waals surface area (Å²) in [4.78, 5) is 28.6. The van der Waals surface area contributed by atoms with Gasteiger partial charge in [0.05, 0.1) is 17.0 Å². The van der Waals surface area contributed by atoms with E-state index in [0.717, 1.165) is 42.7 Å². The number of hydrogen-bond acceptors (Lipinski definition) is 4. The molecule has 1 fully saturated rings. The van der Waals surface area contributed by atoms with Gasteiger partial charge in [-0.3, -0.25) is 13.9 Å². The Morgan fingerprint density at radius 2 is 1.61 bits per heavy atom. The van der Waals surface area contributed by atoms with Crippen LogP contribution in [0.2, 0.25) is 10.0 Å². The zero-order valence-corrected chi connectivity index (χ0v) is 23.0. The van der Waals surface area contributed by atoms with Crippen molar-refractivity contribution >= 4 is 50.7 Å². The van der Waals surface area contributed by atoms with Gasteiger partial charge in [0, 0.05) is 17.6 Å². The van der Waals surface area contributed by atoms with E-state index in [1.165, 1.54) is 4.90 Å². The number of amides is 2. The summed E-state index contributed by atoms with van der Waals surface area (Å²) in [6.45, 7) is 1.40. The lowest BCUT2D eigenvalue weighted by atomic mass is 9.95. The van der Waals surface area contributed by atoms with E-state index in [2.05, 4.69) is 5.32 Å². The maximum absolute atomic E-state index is 13.8. The number of carbonyl (C=O) groups excluding carboxylic acids is 2. The lowest BCUT2D eigenvalue weighted by Gasteiger charge is -2.34. The third-order valence-electron chi connectivity index (χ3n) is 6.44. The Morgan fingerprint density at radius 3 is 2.19 bits per heavy atom. The molecule has 0 aliphatic heterocycles. The fourth-order valence-corrected chi connectivity index (χ4v) is 5.87. The van der Waals surface area contributed by atoms with E-state index in [1.54, 1.807) is 48.5 Å². The van der Waals surface area contributed by atoms with Gasteiger partial charge in [-0.1, -0.05) is 79.7 Å². The molecule has 0 radical (unpaired) electrons. The molecular weight excluding hydrogens is 521 g/mol. The average Bonchev–Trinajstić information content (AvgIpc) is 2.84. The monoisotopic (exact) mass is 553 g/mol. The van der Waals surface area contributed by atoms with E-state index in [1.807, 2.05) is 6.92 Å². The standard InChI is InChI=1S/C26H33Cl2N3O4S/c1-3-23(26(33)29-20-12-5-4-6-13-20)30(17-19-11-7-8-14-21(19)27)25(32)18-31(36(2,34)35)24-16-10-9-15-22(24)28/h7-11,14-16,20,23H,3-6,12-13,17-18H2,1-2H3,(H,29,33). The Bertz CT molecular complexity index is 1170.